The van der Waals surface area contributed by atoms with Gasteiger partial charge in [-0.1, -0.05) is 37.5 Å². The zero-order valence-corrected chi connectivity index (χ0v) is 17.6. The molecular formula is C18H29N3O4S2. The monoisotopic (exact) mass is 415 g/mol. The van der Waals surface area contributed by atoms with Crippen molar-refractivity contribution in [3.05, 3.63) is 5.69 Å². The van der Waals surface area contributed by atoms with Crippen LogP contribution in [0.15, 0.2) is 4.21 Å². The summed E-state index contributed by atoms with van der Waals surface area (Å²) in [5, 5.41) is 3.02. The molecule has 0 spiro atoms. The molecule has 1 aromatic rings. The fraction of sp³-hybridized carbons (Fsp3) is 0.778. The lowest BCUT2D eigenvalue weighted by molar-refractivity contribution is 0.105. The number of hydrogen-bond donors (Lipinski definition) is 2. The van der Waals surface area contributed by atoms with E-state index in [4.69, 9.17) is 0 Å². The molecule has 0 unspecified atom stereocenters. The van der Waals surface area contributed by atoms with E-state index in [1.807, 2.05) is 4.90 Å². The predicted molar refractivity (Wildman–Crippen MR) is 106 cm³/mol. The average Bonchev–Trinajstić information content (AvgIpc) is 2.98. The van der Waals surface area contributed by atoms with Crippen molar-refractivity contribution in [3.63, 3.8) is 0 Å². The number of aromatic nitrogens is 1. The van der Waals surface area contributed by atoms with Gasteiger partial charge in [0.1, 0.15) is 0 Å². The van der Waals surface area contributed by atoms with E-state index < -0.39 is 10.1 Å². The van der Waals surface area contributed by atoms with E-state index >= 15 is 0 Å². The highest BCUT2D eigenvalue weighted by molar-refractivity contribution is 7.88. The Hall–Kier alpha value is -1.19. The summed E-state index contributed by atoms with van der Waals surface area (Å²) in [7, 11) is -4.32. The fourth-order valence-electron chi connectivity index (χ4n) is 4.34. The molecule has 3 rings (SSSR count). The Labute approximate surface area is 165 Å². The highest BCUT2D eigenvalue weighted by Gasteiger charge is 2.34. The molecule has 152 valence electrons. The first kappa shape index (κ1) is 20.5. The van der Waals surface area contributed by atoms with Gasteiger partial charge in [-0.3, -0.25) is 9.87 Å². The lowest BCUT2D eigenvalue weighted by atomic mass is 9.84. The zero-order valence-electron chi connectivity index (χ0n) is 16.0. The molecule has 9 heteroatoms. The number of nitrogens with one attached hydrogen (secondary N) is 1. The van der Waals surface area contributed by atoms with Gasteiger partial charge in [-0.2, -0.15) is 8.42 Å². The van der Waals surface area contributed by atoms with Crippen LogP contribution < -0.4 is 5.32 Å². The number of rotatable bonds is 4. The minimum Gasteiger partial charge on any atom is -0.319 e. The molecule has 0 atom stereocenters. The van der Waals surface area contributed by atoms with Crippen LogP contribution in [0.25, 0.3) is 0 Å². The van der Waals surface area contributed by atoms with Crippen molar-refractivity contribution in [2.45, 2.75) is 87.9 Å². The molecule has 0 aromatic carbocycles. The molecule has 0 radical (unpaired) electrons. The van der Waals surface area contributed by atoms with Crippen LogP contribution in [-0.2, 0) is 10.1 Å². The minimum absolute atomic E-state index is 0.197. The fourth-order valence-corrected chi connectivity index (χ4v) is 6.11. The van der Waals surface area contributed by atoms with Gasteiger partial charge in [0, 0.05) is 12.1 Å². The van der Waals surface area contributed by atoms with Gasteiger partial charge >= 0.3 is 16.1 Å². The summed E-state index contributed by atoms with van der Waals surface area (Å²) >= 11 is 0.798. The van der Waals surface area contributed by atoms with Gasteiger partial charge < -0.3 is 4.90 Å². The van der Waals surface area contributed by atoms with Crippen LogP contribution in [0.1, 0.15) is 70.4 Å². The third-order valence-corrected chi connectivity index (χ3v) is 8.30. The van der Waals surface area contributed by atoms with Crippen LogP contribution >= 0.6 is 11.3 Å². The van der Waals surface area contributed by atoms with E-state index in [0.29, 0.717) is 5.92 Å². The van der Waals surface area contributed by atoms with Gasteiger partial charge in [-0.15, -0.1) is 0 Å². The average molecular weight is 416 g/mol. The standard InChI is InChI=1S/C18H29N3O4S2/c1-12-8-10-15(11-9-12)21(14-6-4-3-5-7-14)18(22)20-17-19-13(2)16(26-17)27(23,24)25/h12,14-15H,3-11H2,1-2H3,(H,19,20,22)(H,23,24,25)/t12-,15-. The molecule has 2 N–H and O–H groups in total. The summed E-state index contributed by atoms with van der Waals surface area (Å²) in [5.41, 5.74) is 0.202. The van der Waals surface area contributed by atoms with Crippen molar-refractivity contribution in [2.75, 3.05) is 5.32 Å². The molecular weight excluding hydrogens is 386 g/mol. The van der Waals surface area contributed by atoms with Crippen molar-refractivity contribution in [3.8, 4) is 0 Å². The molecule has 27 heavy (non-hydrogen) atoms. The van der Waals surface area contributed by atoms with E-state index in [9.17, 15) is 17.8 Å². The lowest BCUT2D eigenvalue weighted by Crippen LogP contribution is -2.51. The van der Waals surface area contributed by atoms with Crippen molar-refractivity contribution in [2.24, 2.45) is 5.92 Å². The van der Waals surface area contributed by atoms with Crippen molar-refractivity contribution in [1.82, 2.24) is 9.88 Å². The van der Waals surface area contributed by atoms with E-state index in [2.05, 4.69) is 17.2 Å². The predicted octanol–water partition coefficient (Wildman–Crippen LogP) is 4.44. The summed E-state index contributed by atoms with van der Waals surface area (Å²) in [6, 6.07) is 0.266. The van der Waals surface area contributed by atoms with Crippen LogP contribution in [-0.4, -0.2) is 41.0 Å². The maximum absolute atomic E-state index is 13.1. The summed E-state index contributed by atoms with van der Waals surface area (Å²) in [4.78, 5) is 19.3. The molecule has 0 bridgehead atoms. The second-order valence-electron chi connectivity index (χ2n) is 7.91. The van der Waals surface area contributed by atoms with Crippen LogP contribution in [0, 0.1) is 12.8 Å². The highest BCUT2D eigenvalue weighted by Crippen LogP contribution is 2.33. The SMILES string of the molecule is Cc1nc(NC(=O)N(C2CCCCC2)[C@H]2CC[C@H](C)CC2)sc1S(=O)(=O)O. The Balaban J connectivity index is 1.78. The Bertz CT molecular complexity index is 764. The van der Waals surface area contributed by atoms with E-state index in [-0.39, 0.29) is 33.1 Å². The molecule has 2 aliphatic rings. The van der Waals surface area contributed by atoms with Gasteiger partial charge in [-0.25, -0.2) is 9.78 Å². The Morgan fingerprint density at radius 2 is 1.70 bits per heavy atom. The molecule has 0 saturated heterocycles. The van der Waals surface area contributed by atoms with E-state index in [1.165, 1.54) is 13.3 Å². The number of hydrogen-bond acceptors (Lipinski definition) is 5. The smallest absolute Gasteiger partial charge is 0.319 e. The maximum Gasteiger partial charge on any atom is 0.324 e. The number of aryl methyl sites for hydroxylation is 1. The number of urea groups is 1. The van der Waals surface area contributed by atoms with Crippen molar-refractivity contribution < 1.29 is 17.8 Å². The summed E-state index contributed by atoms with van der Waals surface area (Å²) < 4.78 is 31.9. The second-order valence-corrected chi connectivity index (χ2v) is 10.5. The van der Waals surface area contributed by atoms with Gasteiger partial charge in [0.05, 0.1) is 5.69 Å². The molecule has 1 aromatic heterocycles. The molecule has 2 saturated carbocycles. The molecule has 0 aliphatic heterocycles. The molecule has 7 nitrogen and oxygen atoms in total. The van der Waals surface area contributed by atoms with E-state index in [1.54, 1.807) is 0 Å². The minimum atomic E-state index is -4.32. The van der Waals surface area contributed by atoms with Gasteiger partial charge in [-0.05, 0) is 51.4 Å². The number of anilines is 1. The normalized spacial score (nSPS) is 24.6. The Kier molecular flexibility index (Phi) is 6.43. The summed E-state index contributed by atoms with van der Waals surface area (Å²) in [6.07, 6.45) is 9.82. The van der Waals surface area contributed by atoms with Crippen molar-refractivity contribution in [1.29, 1.82) is 0 Å². The Morgan fingerprint density at radius 1 is 1.11 bits per heavy atom. The number of nitrogens with zero attached hydrogens (tertiary/aromatic N) is 2. The highest BCUT2D eigenvalue weighted by atomic mass is 32.3. The quantitative estimate of drug-likeness (QED) is 0.708. The van der Waals surface area contributed by atoms with Gasteiger partial charge in [0.15, 0.2) is 9.34 Å². The van der Waals surface area contributed by atoms with Crippen molar-refractivity contribution >= 4 is 32.6 Å². The summed E-state index contributed by atoms with van der Waals surface area (Å²) in [5.74, 6) is 0.705. The second kappa shape index (κ2) is 8.45. The third kappa shape index (κ3) is 5.00. The Morgan fingerprint density at radius 3 is 2.26 bits per heavy atom. The zero-order chi connectivity index (χ0) is 19.6. The van der Waals surface area contributed by atoms with Crippen LogP contribution in [0.4, 0.5) is 9.93 Å². The lowest BCUT2D eigenvalue weighted by Gasteiger charge is -2.42. The number of amides is 2. The van der Waals surface area contributed by atoms with Crippen LogP contribution in [0.2, 0.25) is 0 Å². The van der Waals surface area contributed by atoms with Crippen LogP contribution in [0.3, 0.4) is 0 Å². The molecule has 1 heterocycles. The van der Waals surface area contributed by atoms with Gasteiger partial charge in [0.2, 0.25) is 0 Å². The topological polar surface area (TPSA) is 99.6 Å². The van der Waals surface area contributed by atoms with Crippen LogP contribution in [0.5, 0.6) is 0 Å². The molecule has 2 fully saturated rings. The van der Waals surface area contributed by atoms with E-state index in [0.717, 1.165) is 62.7 Å². The molecule has 2 aliphatic carbocycles. The maximum atomic E-state index is 13.1. The first-order valence-electron chi connectivity index (χ1n) is 9.80. The number of thiazole rings is 1. The number of carbonyl (C=O) groups excluding carboxylic acids is 1. The largest absolute Gasteiger partial charge is 0.324 e. The molecule has 2 amide bonds. The number of carbonyl (C=O) groups is 1. The first-order chi connectivity index (χ1) is 12.8. The van der Waals surface area contributed by atoms with Gasteiger partial charge in [0.25, 0.3) is 0 Å². The third-order valence-electron chi connectivity index (χ3n) is 5.78. The summed E-state index contributed by atoms with van der Waals surface area (Å²) in [6.45, 7) is 3.77. The first-order valence-corrected chi connectivity index (χ1v) is 12.1.